The van der Waals surface area contributed by atoms with Crippen molar-refractivity contribution in [1.82, 2.24) is 19.9 Å². The summed E-state index contributed by atoms with van der Waals surface area (Å²) in [5.74, 6) is 0.632. The average molecular weight is 581 g/mol. The quantitative estimate of drug-likeness (QED) is 0.217. The number of fused-ring (bicyclic) bond motifs is 1. The number of amides is 1. The van der Waals surface area contributed by atoms with Crippen molar-refractivity contribution in [2.75, 3.05) is 5.32 Å². The fourth-order valence-electron chi connectivity index (χ4n) is 3.80. The van der Waals surface area contributed by atoms with E-state index in [0.29, 0.717) is 34.3 Å². The highest BCUT2D eigenvalue weighted by molar-refractivity contribution is 9.10. The van der Waals surface area contributed by atoms with Crippen LogP contribution < -0.4 is 10.6 Å². The second-order valence-electron chi connectivity index (χ2n) is 8.10. The Morgan fingerprint density at radius 2 is 1.67 bits per heavy atom. The summed E-state index contributed by atoms with van der Waals surface area (Å²) < 4.78 is 2.54. The Labute approximate surface area is 226 Å². The monoisotopic (exact) mass is 579 g/mol. The Morgan fingerprint density at radius 3 is 2.44 bits per heavy atom. The van der Waals surface area contributed by atoms with Gasteiger partial charge in [0.15, 0.2) is 5.65 Å². The molecule has 0 aliphatic heterocycles. The molecule has 2 N–H and O–H groups in total. The number of halogens is 3. The number of carbonyl (C=O) groups is 1. The molecule has 1 amide bonds. The molecule has 0 radical (unpaired) electrons. The van der Waals surface area contributed by atoms with Crippen molar-refractivity contribution >= 4 is 56.5 Å². The van der Waals surface area contributed by atoms with Gasteiger partial charge in [-0.3, -0.25) is 4.79 Å². The number of anilines is 1. The molecule has 2 heterocycles. The summed E-state index contributed by atoms with van der Waals surface area (Å²) in [6.07, 6.45) is 1.72. The van der Waals surface area contributed by atoms with Crippen LogP contribution in [0.1, 0.15) is 21.5 Å². The molecule has 0 saturated carbocycles. The van der Waals surface area contributed by atoms with Crippen LogP contribution in [0.4, 0.5) is 5.82 Å². The van der Waals surface area contributed by atoms with E-state index in [1.807, 2.05) is 48.5 Å². The summed E-state index contributed by atoms with van der Waals surface area (Å²) in [4.78, 5) is 17.2. The van der Waals surface area contributed by atoms with Gasteiger partial charge in [0.2, 0.25) is 0 Å². The first kappa shape index (κ1) is 24.3. The maximum atomic E-state index is 12.4. The molecule has 0 bridgehead atoms. The molecule has 5 aromatic rings. The maximum Gasteiger partial charge on any atom is 0.251 e. The number of rotatable bonds is 7. The first-order valence-corrected chi connectivity index (χ1v) is 12.7. The summed E-state index contributed by atoms with van der Waals surface area (Å²) in [5.41, 5.74) is 4.90. The lowest BCUT2D eigenvalue weighted by atomic mass is 10.1. The second kappa shape index (κ2) is 10.7. The molecule has 0 unspecified atom stereocenters. The largest absolute Gasteiger partial charge is 0.366 e. The lowest BCUT2D eigenvalue weighted by molar-refractivity contribution is 0.0951. The van der Waals surface area contributed by atoms with Crippen LogP contribution in [0.15, 0.2) is 89.5 Å². The molecule has 0 atom stereocenters. The zero-order chi connectivity index (χ0) is 25.1. The molecule has 180 valence electrons. The second-order valence-corrected chi connectivity index (χ2v) is 9.80. The average Bonchev–Trinajstić information content (AvgIpc) is 3.27. The van der Waals surface area contributed by atoms with Gasteiger partial charge >= 0.3 is 0 Å². The summed E-state index contributed by atoms with van der Waals surface area (Å²) >= 11 is 15.9. The lowest BCUT2D eigenvalue weighted by Crippen LogP contribution is -2.22. The van der Waals surface area contributed by atoms with E-state index in [9.17, 15) is 4.79 Å². The number of carbonyl (C=O) groups excluding carboxylic acids is 1. The van der Waals surface area contributed by atoms with Gasteiger partial charge in [-0.25, -0.2) is 4.98 Å². The van der Waals surface area contributed by atoms with Gasteiger partial charge in [-0.15, -0.1) is 0 Å². The molecule has 36 heavy (non-hydrogen) atoms. The molecule has 9 heteroatoms. The summed E-state index contributed by atoms with van der Waals surface area (Å²) in [7, 11) is 0. The number of aromatic nitrogens is 3. The van der Waals surface area contributed by atoms with Gasteiger partial charge in [0.25, 0.3) is 5.91 Å². The van der Waals surface area contributed by atoms with Gasteiger partial charge in [0, 0.05) is 40.3 Å². The third kappa shape index (κ3) is 5.38. The van der Waals surface area contributed by atoms with Crippen LogP contribution >= 0.6 is 39.1 Å². The Hall–Kier alpha value is -3.39. The molecular weight excluding hydrogens is 561 g/mol. The van der Waals surface area contributed by atoms with E-state index >= 15 is 0 Å². The van der Waals surface area contributed by atoms with Crippen LogP contribution in [-0.2, 0) is 13.1 Å². The zero-order valence-corrected chi connectivity index (χ0v) is 22.0. The number of hydrogen-bond donors (Lipinski definition) is 2. The molecule has 5 rings (SSSR count). The molecule has 0 aliphatic carbocycles. The van der Waals surface area contributed by atoms with E-state index in [2.05, 4.69) is 37.7 Å². The standard InChI is InChI=1S/C27H20BrCl2N5O/c28-22-16-33-35-25(13-24(34-26(22)35)21-6-1-2-7-23(21)30)31-14-17-4-3-5-18(12-17)15-32-27(36)19-8-10-20(29)11-9-19/h1-13,16,31H,14-15H2,(H,32,36). The van der Waals surface area contributed by atoms with E-state index < -0.39 is 0 Å². The van der Waals surface area contributed by atoms with E-state index in [4.69, 9.17) is 28.2 Å². The number of hydrogen-bond acceptors (Lipinski definition) is 4. The molecule has 0 aliphatic rings. The molecule has 0 saturated heterocycles. The summed E-state index contributed by atoms with van der Waals surface area (Å²) in [6, 6.07) is 24.4. The van der Waals surface area contributed by atoms with Crippen molar-refractivity contribution in [3.8, 4) is 11.3 Å². The maximum absolute atomic E-state index is 12.4. The highest BCUT2D eigenvalue weighted by Gasteiger charge is 2.13. The van der Waals surface area contributed by atoms with Crippen LogP contribution in [-0.4, -0.2) is 20.5 Å². The fraction of sp³-hybridized carbons (Fsp3) is 0.0741. The van der Waals surface area contributed by atoms with Gasteiger partial charge < -0.3 is 10.6 Å². The highest BCUT2D eigenvalue weighted by atomic mass is 79.9. The van der Waals surface area contributed by atoms with Crippen molar-refractivity contribution in [2.45, 2.75) is 13.1 Å². The van der Waals surface area contributed by atoms with E-state index in [1.165, 1.54) is 0 Å². The number of nitrogens with one attached hydrogen (secondary N) is 2. The molecule has 6 nitrogen and oxygen atoms in total. The minimum Gasteiger partial charge on any atom is -0.366 e. The lowest BCUT2D eigenvalue weighted by Gasteiger charge is -2.12. The normalized spacial score (nSPS) is 11.0. The third-order valence-electron chi connectivity index (χ3n) is 5.60. The summed E-state index contributed by atoms with van der Waals surface area (Å²) in [6.45, 7) is 0.967. The Kier molecular flexibility index (Phi) is 7.23. The minimum absolute atomic E-state index is 0.147. The zero-order valence-electron chi connectivity index (χ0n) is 18.9. The Bertz CT molecular complexity index is 1550. The van der Waals surface area contributed by atoms with Crippen LogP contribution in [0.3, 0.4) is 0 Å². The topological polar surface area (TPSA) is 71.3 Å². The Balaban J connectivity index is 1.33. The smallest absolute Gasteiger partial charge is 0.251 e. The van der Waals surface area contributed by atoms with Gasteiger partial charge in [-0.2, -0.15) is 9.61 Å². The molecule has 2 aromatic heterocycles. The van der Waals surface area contributed by atoms with E-state index in [-0.39, 0.29) is 5.91 Å². The Morgan fingerprint density at radius 1 is 0.917 bits per heavy atom. The predicted octanol–water partition coefficient (Wildman–Crippen LogP) is 7.01. The van der Waals surface area contributed by atoms with Crippen molar-refractivity contribution in [1.29, 1.82) is 0 Å². The first-order chi connectivity index (χ1) is 17.5. The van der Waals surface area contributed by atoms with Gasteiger partial charge in [-0.1, -0.05) is 65.7 Å². The molecule has 0 spiro atoms. The van der Waals surface area contributed by atoms with Gasteiger partial charge in [0.05, 0.1) is 16.4 Å². The number of nitrogens with zero attached hydrogens (tertiary/aromatic N) is 3. The SMILES string of the molecule is O=C(NCc1cccc(CNc2cc(-c3ccccc3Cl)nc3c(Br)cnn23)c1)c1ccc(Cl)cc1. The van der Waals surface area contributed by atoms with Crippen LogP contribution in [0.25, 0.3) is 16.9 Å². The number of benzene rings is 3. The van der Waals surface area contributed by atoms with Gasteiger partial charge in [-0.05, 0) is 57.4 Å². The van der Waals surface area contributed by atoms with Crippen molar-refractivity contribution in [3.05, 3.63) is 116 Å². The van der Waals surface area contributed by atoms with Crippen molar-refractivity contribution in [3.63, 3.8) is 0 Å². The van der Waals surface area contributed by atoms with Crippen LogP contribution in [0.5, 0.6) is 0 Å². The van der Waals surface area contributed by atoms with Crippen LogP contribution in [0.2, 0.25) is 10.0 Å². The highest BCUT2D eigenvalue weighted by Crippen LogP contribution is 2.30. The van der Waals surface area contributed by atoms with E-state index in [0.717, 1.165) is 32.7 Å². The first-order valence-electron chi connectivity index (χ1n) is 11.1. The van der Waals surface area contributed by atoms with Crippen molar-refractivity contribution in [2.24, 2.45) is 0 Å². The third-order valence-corrected chi connectivity index (χ3v) is 6.74. The van der Waals surface area contributed by atoms with Crippen molar-refractivity contribution < 1.29 is 4.79 Å². The predicted molar refractivity (Wildman–Crippen MR) is 148 cm³/mol. The molecular formula is C27H20BrCl2N5O. The van der Waals surface area contributed by atoms with E-state index in [1.54, 1.807) is 35.0 Å². The minimum atomic E-state index is -0.147. The summed E-state index contributed by atoms with van der Waals surface area (Å²) in [5, 5.41) is 12.1. The van der Waals surface area contributed by atoms with Crippen LogP contribution in [0, 0.1) is 0 Å². The van der Waals surface area contributed by atoms with Gasteiger partial charge in [0.1, 0.15) is 5.82 Å². The molecule has 3 aromatic carbocycles. The molecule has 0 fully saturated rings. The fourth-order valence-corrected chi connectivity index (χ4v) is 4.50.